The van der Waals surface area contributed by atoms with Crippen LogP contribution in [0.4, 0.5) is 10.1 Å². The number of nitrogens with zero attached hydrogens (tertiary/aromatic N) is 3. The van der Waals surface area contributed by atoms with Crippen LogP contribution in [0.3, 0.4) is 0 Å². The van der Waals surface area contributed by atoms with Gasteiger partial charge in [0.25, 0.3) is 5.91 Å². The molecule has 0 spiro atoms. The fourth-order valence-electron chi connectivity index (χ4n) is 3.41. The van der Waals surface area contributed by atoms with Crippen LogP contribution in [0.15, 0.2) is 54.7 Å². The van der Waals surface area contributed by atoms with Gasteiger partial charge in [-0.2, -0.15) is 5.10 Å². The Morgan fingerprint density at radius 3 is 2.65 bits per heavy atom. The molecule has 0 aliphatic heterocycles. The van der Waals surface area contributed by atoms with E-state index in [1.165, 1.54) is 18.3 Å². The van der Waals surface area contributed by atoms with E-state index < -0.39 is 0 Å². The molecule has 31 heavy (non-hydrogen) atoms. The van der Waals surface area contributed by atoms with E-state index in [9.17, 15) is 9.18 Å². The van der Waals surface area contributed by atoms with Gasteiger partial charge in [-0.1, -0.05) is 18.2 Å². The Kier molecular flexibility index (Phi) is 5.64. The molecular weight excluding hydrogens is 399 g/mol. The van der Waals surface area contributed by atoms with Gasteiger partial charge in [-0.05, 0) is 36.8 Å². The van der Waals surface area contributed by atoms with Gasteiger partial charge in [-0.15, -0.1) is 0 Å². The number of amides is 1. The van der Waals surface area contributed by atoms with E-state index in [4.69, 9.17) is 9.47 Å². The van der Waals surface area contributed by atoms with Gasteiger partial charge in [-0.25, -0.2) is 13.9 Å². The number of hydrogen-bond donors (Lipinski definition) is 1. The molecular formula is C23H21FN4O3. The molecule has 0 saturated heterocycles. The molecule has 1 N–H and O–H groups in total. The SMILES string of the molecule is COCc1nn2c(C)c(C(=O)Nc3cccc(OC)c3)cnc2c1-c1ccc(F)cc1. The van der Waals surface area contributed by atoms with Gasteiger partial charge in [0.2, 0.25) is 0 Å². The van der Waals surface area contributed by atoms with Crippen molar-refractivity contribution in [3.05, 3.63) is 77.5 Å². The molecule has 0 aliphatic carbocycles. The zero-order chi connectivity index (χ0) is 22.0. The highest BCUT2D eigenvalue weighted by atomic mass is 19.1. The first-order valence-electron chi connectivity index (χ1n) is 9.59. The number of aryl methyl sites for hydroxylation is 1. The highest BCUT2D eigenvalue weighted by Crippen LogP contribution is 2.29. The highest BCUT2D eigenvalue weighted by Gasteiger charge is 2.20. The number of benzene rings is 2. The van der Waals surface area contributed by atoms with Gasteiger partial charge >= 0.3 is 0 Å². The highest BCUT2D eigenvalue weighted by molar-refractivity contribution is 6.05. The molecule has 7 nitrogen and oxygen atoms in total. The van der Waals surface area contributed by atoms with Gasteiger partial charge in [0, 0.05) is 25.1 Å². The first-order valence-corrected chi connectivity index (χ1v) is 9.59. The number of anilines is 1. The number of carbonyl (C=O) groups excluding carboxylic acids is 1. The Morgan fingerprint density at radius 1 is 1.16 bits per heavy atom. The summed E-state index contributed by atoms with van der Waals surface area (Å²) in [7, 11) is 3.14. The summed E-state index contributed by atoms with van der Waals surface area (Å²) in [5, 5.41) is 7.47. The summed E-state index contributed by atoms with van der Waals surface area (Å²) < 4.78 is 25.5. The number of rotatable bonds is 6. The fourth-order valence-corrected chi connectivity index (χ4v) is 3.41. The van der Waals surface area contributed by atoms with E-state index in [2.05, 4.69) is 15.4 Å². The minimum atomic E-state index is -0.325. The van der Waals surface area contributed by atoms with Crippen LogP contribution in [0.2, 0.25) is 0 Å². The smallest absolute Gasteiger partial charge is 0.259 e. The third-order valence-corrected chi connectivity index (χ3v) is 4.94. The van der Waals surface area contributed by atoms with Crippen LogP contribution < -0.4 is 10.1 Å². The molecule has 0 unspecified atom stereocenters. The quantitative estimate of drug-likeness (QED) is 0.505. The second-order valence-electron chi connectivity index (χ2n) is 6.94. The molecule has 0 aliphatic rings. The van der Waals surface area contributed by atoms with E-state index in [0.717, 1.165) is 11.1 Å². The van der Waals surface area contributed by atoms with Crippen molar-refractivity contribution in [3.63, 3.8) is 0 Å². The monoisotopic (exact) mass is 420 g/mol. The number of methoxy groups -OCH3 is 2. The Morgan fingerprint density at radius 2 is 1.94 bits per heavy atom. The average molecular weight is 420 g/mol. The van der Waals surface area contributed by atoms with Crippen molar-refractivity contribution in [2.75, 3.05) is 19.5 Å². The lowest BCUT2D eigenvalue weighted by molar-refractivity contribution is 0.102. The van der Waals surface area contributed by atoms with Crippen molar-refractivity contribution >= 4 is 17.2 Å². The molecule has 4 rings (SSSR count). The molecule has 2 aromatic carbocycles. The van der Waals surface area contributed by atoms with E-state index in [1.807, 2.05) is 0 Å². The van der Waals surface area contributed by atoms with Crippen molar-refractivity contribution in [2.45, 2.75) is 13.5 Å². The van der Waals surface area contributed by atoms with Crippen molar-refractivity contribution in [2.24, 2.45) is 0 Å². The van der Waals surface area contributed by atoms with Gasteiger partial charge < -0.3 is 14.8 Å². The van der Waals surface area contributed by atoms with Crippen molar-refractivity contribution in [1.29, 1.82) is 0 Å². The molecule has 2 aromatic heterocycles. The molecule has 0 bridgehead atoms. The van der Waals surface area contributed by atoms with Crippen LogP contribution in [-0.4, -0.2) is 34.7 Å². The largest absolute Gasteiger partial charge is 0.497 e. The van der Waals surface area contributed by atoms with Crippen LogP contribution in [0.5, 0.6) is 5.75 Å². The zero-order valence-electron chi connectivity index (χ0n) is 17.3. The molecule has 0 saturated carbocycles. The second-order valence-corrected chi connectivity index (χ2v) is 6.94. The molecule has 158 valence electrons. The number of nitrogens with one attached hydrogen (secondary N) is 1. The van der Waals surface area contributed by atoms with Crippen LogP contribution in [0.1, 0.15) is 21.7 Å². The number of aromatic nitrogens is 3. The van der Waals surface area contributed by atoms with Crippen LogP contribution in [0.25, 0.3) is 16.8 Å². The number of fused-ring (bicyclic) bond motifs is 1. The first kappa shape index (κ1) is 20.5. The molecule has 2 heterocycles. The third-order valence-electron chi connectivity index (χ3n) is 4.94. The normalized spacial score (nSPS) is 11.0. The van der Waals surface area contributed by atoms with Crippen molar-refractivity contribution in [3.8, 4) is 16.9 Å². The number of hydrogen-bond acceptors (Lipinski definition) is 5. The fraction of sp³-hybridized carbons (Fsp3) is 0.174. The van der Waals surface area contributed by atoms with Crippen LogP contribution in [0, 0.1) is 12.7 Å². The summed E-state index contributed by atoms with van der Waals surface area (Å²) in [4.78, 5) is 17.4. The predicted molar refractivity (Wildman–Crippen MR) is 115 cm³/mol. The maximum Gasteiger partial charge on any atom is 0.259 e. The van der Waals surface area contributed by atoms with E-state index in [0.29, 0.717) is 34.0 Å². The molecule has 0 atom stereocenters. The Labute approximate surface area is 178 Å². The van der Waals surface area contributed by atoms with Crippen LogP contribution >= 0.6 is 0 Å². The zero-order valence-corrected chi connectivity index (χ0v) is 17.3. The Bertz CT molecular complexity index is 1250. The van der Waals surface area contributed by atoms with E-state index in [1.54, 1.807) is 62.1 Å². The lowest BCUT2D eigenvalue weighted by atomic mass is 10.1. The van der Waals surface area contributed by atoms with Gasteiger partial charge in [0.1, 0.15) is 11.6 Å². The van der Waals surface area contributed by atoms with Gasteiger partial charge in [0.05, 0.1) is 36.2 Å². The summed E-state index contributed by atoms with van der Waals surface area (Å²) in [6, 6.07) is 13.2. The summed E-state index contributed by atoms with van der Waals surface area (Å²) in [6.07, 6.45) is 1.52. The number of halogens is 1. The molecule has 4 aromatic rings. The number of ether oxygens (including phenoxy) is 2. The standard InChI is InChI=1S/C23H21FN4O3/c1-14-19(23(29)26-17-5-4-6-18(11-17)31-3)12-25-22-21(15-7-9-16(24)10-8-15)20(13-30-2)27-28(14)22/h4-12H,13H2,1-3H3,(H,26,29). The Balaban J connectivity index is 1.76. The second kappa shape index (κ2) is 8.53. The average Bonchev–Trinajstić information content (AvgIpc) is 3.14. The lowest BCUT2D eigenvalue weighted by Crippen LogP contribution is -2.16. The Hall–Kier alpha value is -3.78. The van der Waals surface area contributed by atoms with Crippen molar-refractivity contribution in [1.82, 2.24) is 14.6 Å². The summed E-state index contributed by atoms with van der Waals surface area (Å²) >= 11 is 0. The maximum absolute atomic E-state index is 13.4. The molecule has 0 radical (unpaired) electrons. The third kappa shape index (κ3) is 3.97. The summed E-state index contributed by atoms with van der Waals surface area (Å²) in [5.74, 6) is 0.00440. The van der Waals surface area contributed by atoms with Gasteiger partial charge in [0.15, 0.2) is 5.65 Å². The predicted octanol–water partition coefficient (Wildman–Crippen LogP) is 4.25. The van der Waals surface area contributed by atoms with E-state index in [-0.39, 0.29) is 18.3 Å². The molecule has 0 fully saturated rings. The topological polar surface area (TPSA) is 77.8 Å². The minimum Gasteiger partial charge on any atom is -0.497 e. The maximum atomic E-state index is 13.4. The minimum absolute atomic E-state index is 0.251. The molecule has 8 heteroatoms. The number of carbonyl (C=O) groups is 1. The lowest BCUT2D eigenvalue weighted by Gasteiger charge is -2.10. The summed E-state index contributed by atoms with van der Waals surface area (Å²) in [5.41, 5.74) is 4.33. The van der Waals surface area contributed by atoms with E-state index >= 15 is 0 Å². The van der Waals surface area contributed by atoms with Gasteiger partial charge in [-0.3, -0.25) is 4.79 Å². The summed E-state index contributed by atoms with van der Waals surface area (Å²) in [6.45, 7) is 2.05. The molecule has 1 amide bonds. The van der Waals surface area contributed by atoms with Crippen LogP contribution in [-0.2, 0) is 11.3 Å². The van der Waals surface area contributed by atoms with Crippen molar-refractivity contribution < 1.29 is 18.7 Å². The first-order chi connectivity index (χ1) is 15.0.